The molecule has 0 saturated carbocycles. The van der Waals surface area contributed by atoms with E-state index in [2.05, 4.69) is 204 Å². The Hall–Kier alpha value is -6.90. The summed E-state index contributed by atoms with van der Waals surface area (Å²) in [6, 6.07) is 70.9. The maximum atomic E-state index is 2.44. The molecule has 1 aromatic heterocycles. The molecule has 0 spiro atoms. The van der Waals surface area contributed by atoms with Gasteiger partial charge in [-0.2, -0.15) is 0 Å². The summed E-state index contributed by atoms with van der Waals surface area (Å²) in [4.78, 5) is 2.36. The van der Waals surface area contributed by atoms with E-state index >= 15 is 0 Å². The first-order valence-electron chi connectivity index (χ1n) is 17.9. The molecule has 9 aromatic carbocycles. The predicted molar refractivity (Wildman–Crippen MR) is 220 cm³/mol. The highest BCUT2D eigenvalue weighted by Gasteiger charge is 2.24. The molecule has 11 rings (SSSR count). The fourth-order valence-corrected chi connectivity index (χ4v) is 8.55. The van der Waals surface area contributed by atoms with Crippen LogP contribution in [-0.4, -0.2) is 4.57 Å². The van der Waals surface area contributed by atoms with Gasteiger partial charge in [-0.05, 0) is 116 Å². The van der Waals surface area contributed by atoms with Crippen molar-refractivity contribution in [3.63, 3.8) is 0 Å². The molecule has 2 heteroatoms. The molecule has 0 unspecified atom stereocenters. The number of benzene rings is 9. The Morgan fingerprint density at radius 1 is 0.346 bits per heavy atom. The molecule has 0 radical (unpaired) electrons. The average Bonchev–Trinajstić information content (AvgIpc) is 3.71. The number of para-hydroxylation sites is 2. The fraction of sp³-hybridized carbons (Fsp3) is 0. The van der Waals surface area contributed by atoms with E-state index in [0.717, 1.165) is 17.1 Å². The molecule has 2 nitrogen and oxygen atoms in total. The number of anilines is 3. The number of hydrogen-bond donors (Lipinski definition) is 0. The van der Waals surface area contributed by atoms with Crippen LogP contribution in [0.5, 0.6) is 0 Å². The zero-order valence-corrected chi connectivity index (χ0v) is 28.4. The molecule has 0 saturated heterocycles. The van der Waals surface area contributed by atoms with Crippen molar-refractivity contribution in [2.24, 2.45) is 0 Å². The third kappa shape index (κ3) is 4.31. The highest BCUT2D eigenvalue weighted by Crippen LogP contribution is 2.50. The second-order valence-electron chi connectivity index (χ2n) is 13.7. The summed E-state index contributed by atoms with van der Waals surface area (Å²) >= 11 is 0. The topological polar surface area (TPSA) is 8.17 Å². The van der Waals surface area contributed by atoms with Crippen LogP contribution >= 0.6 is 0 Å². The smallest absolute Gasteiger partial charge is 0.0547 e. The van der Waals surface area contributed by atoms with Gasteiger partial charge in [-0.1, -0.05) is 127 Å². The first-order valence-corrected chi connectivity index (χ1v) is 17.9. The van der Waals surface area contributed by atoms with E-state index in [-0.39, 0.29) is 0 Å². The van der Waals surface area contributed by atoms with E-state index in [4.69, 9.17) is 0 Å². The molecule has 1 aliphatic carbocycles. The first-order chi connectivity index (χ1) is 25.8. The summed E-state index contributed by atoms with van der Waals surface area (Å²) in [6.07, 6.45) is 0. The van der Waals surface area contributed by atoms with Crippen LogP contribution in [-0.2, 0) is 0 Å². The van der Waals surface area contributed by atoms with Crippen LogP contribution in [0.3, 0.4) is 0 Å². The van der Waals surface area contributed by atoms with E-state index in [1.165, 1.54) is 82.4 Å². The molecular formula is C50H32N2. The van der Waals surface area contributed by atoms with Gasteiger partial charge in [0, 0.05) is 33.2 Å². The Labute approximate surface area is 302 Å². The van der Waals surface area contributed by atoms with Crippen LogP contribution in [0.15, 0.2) is 194 Å². The average molecular weight is 661 g/mol. The minimum atomic E-state index is 1.12. The van der Waals surface area contributed by atoms with Crippen molar-refractivity contribution in [3.05, 3.63) is 194 Å². The van der Waals surface area contributed by atoms with E-state index in [0.29, 0.717) is 0 Å². The highest BCUT2D eigenvalue weighted by atomic mass is 15.1. The van der Waals surface area contributed by atoms with Gasteiger partial charge in [0.05, 0.1) is 16.7 Å². The molecule has 0 bridgehead atoms. The molecule has 0 aliphatic heterocycles. The summed E-state index contributed by atoms with van der Waals surface area (Å²) in [5.74, 6) is 0. The fourth-order valence-electron chi connectivity index (χ4n) is 8.55. The van der Waals surface area contributed by atoms with Crippen LogP contribution in [0.1, 0.15) is 0 Å². The Morgan fingerprint density at radius 3 is 1.73 bits per heavy atom. The molecule has 1 heterocycles. The van der Waals surface area contributed by atoms with Crippen molar-refractivity contribution in [3.8, 4) is 39.1 Å². The third-order valence-electron chi connectivity index (χ3n) is 10.9. The lowest BCUT2D eigenvalue weighted by molar-refractivity contribution is 1.18. The number of aromatic nitrogens is 1. The SMILES string of the molecule is c1ccc(N(c2ccc(-c3ccc4c(c3)c3cc5c(cc3n4-c3ccccc3)-c3cccc4cccc-5c34)cc2)c2cccc3ccccc23)cc1. The van der Waals surface area contributed by atoms with Gasteiger partial charge in [-0.25, -0.2) is 0 Å². The van der Waals surface area contributed by atoms with Gasteiger partial charge in [0.15, 0.2) is 0 Å². The van der Waals surface area contributed by atoms with Gasteiger partial charge in [-0.15, -0.1) is 0 Å². The minimum Gasteiger partial charge on any atom is -0.310 e. The number of fused-ring (bicyclic) bond motifs is 7. The predicted octanol–water partition coefficient (Wildman–Crippen LogP) is 13.9. The van der Waals surface area contributed by atoms with E-state index in [9.17, 15) is 0 Å². The maximum Gasteiger partial charge on any atom is 0.0547 e. The first kappa shape index (κ1) is 28.9. The zero-order valence-electron chi connectivity index (χ0n) is 28.4. The molecule has 10 aromatic rings. The quantitative estimate of drug-likeness (QED) is 0.178. The largest absolute Gasteiger partial charge is 0.310 e. The molecule has 1 aliphatic rings. The molecule has 0 amide bonds. The molecule has 0 atom stereocenters. The lowest BCUT2D eigenvalue weighted by Crippen LogP contribution is -2.10. The number of rotatable bonds is 5. The summed E-state index contributed by atoms with van der Waals surface area (Å²) < 4.78 is 2.43. The summed E-state index contributed by atoms with van der Waals surface area (Å²) in [5, 5.41) is 7.64. The van der Waals surface area contributed by atoms with Crippen LogP contribution in [0, 0.1) is 0 Å². The van der Waals surface area contributed by atoms with Crippen LogP contribution in [0.2, 0.25) is 0 Å². The van der Waals surface area contributed by atoms with Crippen molar-refractivity contribution in [2.45, 2.75) is 0 Å². The van der Waals surface area contributed by atoms with E-state index < -0.39 is 0 Å². The van der Waals surface area contributed by atoms with E-state index in [1.54, 1.807) is 0 Å². The van der Waals surface area contributed by atoms with Crippen LogP contribution in [0.4, 0.5) is 17.1 Å². The maximum absolute atomic E-state index is 2.44. The van der Waals surface area contributed by atoms with Gasteiger partial charge in [0.25, 0.3) is 0 Å². The van der Waals surface area contributed by atoms with Crippen molar-refractivity contribution < 1.29 is 0 Å². The lowest BCUT2D eigenvalue weighted by atomic mass is 9.99. The van der Waals surface area contributed by atoms with Gasteiger partial charge in [-0.3, -0.25) is 0 Å². The van der Waals surface area contributed by atoms with Crippen LogP contribution < -0.4 is 4.90 Å². The van der Waals surface area contributed by atoms with Crippen LogP contribution in [0.25, 0.3) is 82.4 Å². The lowest BCUT2D eigenvalue weighted by Gasteiger charge is -2.27. The molecule has 0 N–H and O–H groups in total. The summed E-state index contributed by atoms with van der Waals surface area (Å²) in [6.45, 7) is 0. The van der Waals surface area contributed by atoms with Crippen molar-refractivity contribution >= 4 is 60.4 Å². The molecule has 242 valence electrons. The number of nitrogens with zero attached hydrogens (tertiary/aromatic N) is 2. The van der Waals surface area contributed by atoms with Crippen molar-refractivity contribution in [1.82, 2.24) is 4.57 Å². The van der Waals surface area contributed by atoms with Crippen molar-refractivity contribution in [1.29, 1.82) is 0 Å². The monoisotopic (exact) mass is 660 g/mol. The molecular weight excluding hydrogens is 629 g/mol. The Morgan fingerprint density at radius 2 is 0.942 bits per heavy atom. The Bertz CT molecular complexity index is 2980. The number of hydrogen-bond acceptors (Lipinski definition) is 1. The van der Waals surface area contributed by atoms with Crippen molar-refractivity contribution in [2.75, 3.05) is 4.90 Å². The van der Waals surface area contributed by atoms with Gasteiger partial charge < -0.3 is 9.47 Å². The molecule has 52 heavy (non-hydrogen) atoms. The summed E-state index contributed by atoms with van der Waals surface area (Å²) in [5.41, 5.74) is 14.7. The molecule has 0 fully saturated rings. The summed E-state index contributed by atoms with van der Waals surface area (Å²) in [7, 11) is 0. The third-order valence-corrected chi connectivity index (χ3v) is 10.9. The normalized spacial score (nSPS) is 11.8. The minimum absolute atomic E-state index is 1.12. The zero-order chi connectivity index (χ0) is 34.2. The van der Waals surface area contributed by atoms with Gasteiger partial charge >= 0.3 is 0 Å². The van der Waals surface area contributed by atoms with Gasteiger partial charge in [0.1, 0.15) is 0 Å². The second-order valence-corrected chi connectivity index (χ2v) is 13.7. The highest BCUT2D eigenvalue weighted by molar-refractivity contribution is 6.20. The van der Waals surface area contributed by atoms with E-state index in [1.807, 2.05) is 0 Å². The Balaban J connectivity index is 1.08. The standard InChI is InChI=1S/C50H32N2/c1-3-16-37(17-4-1)51(47-23-11-13-34-12-7-8-20-40(34)47)39-27-24-33(25-28-39)36-26-29-48-45(30-36)46-31-43-41-21-9-14-35-15-10-22-42(50(35)41)44(43)32-49(46)52(48)38-18-5-2-6-19-38/h1-32H. The Kier molecular flexibility index (Phi) is 6.28. The van der Waals surface area contributed by atoms with Gasteiger partial charge in [0.2, 0.25) is 0 Å². The second kappa shape index (κ2) is 11.3.